The van der Waals surface area contributed by atoms with Gasteiger partial charge in [-0.25, -0.2) is 4.79 Å². The Morgan fingerprint density at radius 2 is 1.86 bits per heavy atom. The van der Waals surface area contributed by atoms with Crippen molar-refractivity contribution in [3.63, 3.8) is 0 Å². The maximum absolute atomic E-state index is 12.6. The smallest absolute Gasteiger partial charge is 0.413 e. The average molecular weight is 311 g/mol. The van der Waals surface area contributed by atoms with Gasteiger partial charge in [0.05, 0.1) is 18.2 Å². The maximum atomic E-state index is 12.6. The highest BCUT2D eigenvalue weighted by Gasteiger charge is 2.53. The molecule has 1 fully saturated rings. The van der Waals surface area contributed by atoms with Gasteiger partial charge in [-0.05, 0) is 47.5 Å². The minimum Gasteiger partial charge on any atom is -0.444 e. The molecule has 1 amide bonds. The van der Waals surface area contributed by atoms with Crippen LogP contribution in [-0.2, 0) is 9.47 Å². The fraction of sp³-hybridized carbons (Fsp3) is 0.706. The van der Waals surface area contributed by atoms with Crippen LogP contribution in [0.5, 0.6) is 0 Å². The van der Waals surface area contributed by atoms with Crippen molar-refractivity contribution in [3.05, 3.63) is 25.3 Å². The highest BCUT2D eigenvalue weighted by molar-refractivity contribution is 5.70. The second-order valence-electron chi connectivity index (χ2n) is 7.21. The minimum absolute atomic E-state index is 0.240. The van der Waals surface area contributed by atoms with Gasteiger partial charge in [0.1, 0.15) is 11.3 Å². The number of hydrogen-bond acceptors (Lipinski definition) is 4. The molecule has 0 radical (unpaired) electrons. The summed E-state index contributed by atoms with van der Waals surface area (Å²) in [7, 11) is 0. The van der Waals surface area contributed by atoms with Gasteiger partial charge in [0.15, 0.2) is 0 Å². The van der Waals surface area contributed by atoms with Crippen molar-refractivity contribution in [2.45, 2.75) is 70.4 Å². The van der Waals surface area contributed by atoms with Crippen molar-refractivity contribution in [1.82, 2.24) is 4.90 Å². The zero-order valence-corrected chi connectivity index (χ0v) is 14.4. The molecule has 0 aromatic rings. The van der Waals surface area contributed by atoms with Crippen LogP contribution >= 0.6 is 0 Å². The van der Waals surface area contributed by atoms with Gasteiger partial charge >= 0.3 is 6.09 Å². The Balaban J connectivity index is 3.14. The summed E-state index contributed by atoms with van der Waals surface area (Å²) in [4.78, 5) is 14.1. The topological polar surface area (TPSA) is 59.0 Å². The number of nitrogens with zero attached hydrogens (tertiary/aromatic N) is 1. The summed E-state index contributed by atoms with van der Waals surface area (Å²) in [6.45, 7) is 16.6. The normalized spacial score (nSPS) is 21.5. The first kappa shape index (κ1) is 18.7. The first-order valence-corrected chi connectivity index (χ1v) is 7.57. The first-order chi connectivity index (χ1) is 9.97. The van der Waals surface area contributed by atoms with Gasteiger partial charge in [0.25, 0.3) is 0 Å². The van der Waals surface area contributed by atoms with Crippen LogP contribution in [0, 0.1) is 0 Å². The Hall–Kier alpha value is -1.33. The zero-order chi connectivity index (χ0) is 17.2. The third-order valence-electron chi connectivity index (χ3n) is 3.69. The molecule has 0 unspecified atom stereocenters. The molecular formula is C17H29NO4. The van der Waals surface area contributed by atoms with Crippen LogP contribution in [0.1, 0.15) is 47.5 Å². The summed E-state index contributed by atoms with van der Waals surface area (Å²) in [5.41, 5.74) is -2.63. The van der Waals surface area contributed by atoms with Crippen LogP contribution in [0.15, 0.2) is 25.3 Å². The molecule has 0 aromatic carbocycles. The van der Waals surface area contributed by atoms with Crippen LogP contribution in [-0.4, -0.2) is 45.7 Å². The molecule has 1 saturated heterocycles. The van der Waals surface area contributed by atoms with Gasteiger partial charge in [-0.2, -0.15) is 0 Å². The van der Waals surface area contributed by atoms with Crippen LogP contribution in [0.25, 0.3) is 0 Å². The van der Waals surface area contributed by atoms with Gasteiger partial charge in [-0.3, -0.25) is 4.90 Å². The van der Waals surface area contributed by atoms with Crippen molar-refractivity contribution >= 4 is 6.09 Å². The highest BCUT2D eigenvalue weighted by Crippen LogP contribution is 2.37. The molecule has 1 aliphatic heterocycles. The van der Waals surface area contributed by atoms with E-state index in [1.807, 2.05) is 20.8 Å². The Labute approximate surface area is 133 Å². The number of aliphatic hydroxyl groups is 1. The lowest BCUT2D eigenvalue weighted by molar-refractivity contribution is -0.0810. The van der Waals surface area contributed by atoms with E-state index in [0.29, 0.717) is 12.8 Å². The Morgan fingerprint density at radius 1 is 1.36 bits per heavy atom. The lowest BCUT2D eigenvalue weighted by atomic mass is 9.86. The molecule has 0 aliphatic carbocycles. The zero-order valence-electron chi connectivity index (χ0n) is 14.4. The Kier molecular flexibility index (Phi) is 5.47. The van der Waals surface area contributed by atoms with E-state index in [1.54, 1.807) is 26.0 Å². The molecule has 0 bridgehead atoms. The second-order valence-corrected chi connectivity index (χ2v) is 7.21. The molecule has 126 valence electrons. The number of amides is 1. The molecule has 1 atom stereocenters. The number of carbonyl (C=O) groups excluding carboxylic acids is 1. The summed E-state index contributed by atoms with van der Waals surface area (Å²) < 4.78 is 11.2. The fourth-order valence-electron chi connectivity index (χ4n) is 2.71. The number of ether oxygens (including phenoxy) is 2. The summed E-state index contributed by atoms with van der Waals surface area (Å²) in [6, 6.07) is -0.520. The van der Waals surface area contributed by atoms with E-state index in [0.717, 1.165) is 0 Å². The molecule has 0 aromatic heterocycles. The molecule has 1 rings (SSSR count). The van der Waals surface area contributed by atoms with Crippen molar-refractivity contribution < 1.29 is 19.4 Å². The molecule has 22 heavy (non-hydrogen) atoms. The monoisotopic (exact) mass is 311 g/mol. The van der Waals surface area contributed by atoms with Crippen LogP contribution in [0.3, 0.4) is 0 Å². The van der Waals surface area contributed by atoms with Crippen molar-refractivity contribution in [2.75, 3.05) is 6.61 Å². The van der Waals surface area contributed by atoms with E-state index in [1.165, 1.54) is 4.90 Å². The standard InChI is InChI=1S/C17H29NO4/c1-8-10-17(20,11-9-2)13-12-21-16(6,7)18(13)14(19)22-15(3,4)5/h8-9,13,20H,1-2,10-12H2,3-7H3/t13-/m1/s1. The molecule has 1 N–H and O–H groups in total. The summed E-state index contributed by atoms with van der Waals surface area (Å²) >= 11 is 0. The Bertz CT molecular complexity index is 426. The molecule has 1 aliphatic rings. The van der Waals surface area contributed by atoms with Crippen molar-refractivity contribution in [1.29, 1.82) is 0 Å². The molecule has 5 nitrogen and oxygen atoms in total. The lowest BCUT2D eigenvalue weighted by Crippen LogP contribution is -2.58. The van der Waals surface area contributed by atoms with E-state index in [2.05, 4.69) is 13.2 Å². The Morgan fingerprint density at radius 3 is 2.27 bits per heavy atom. The predicted octanol–water partition coefficient (Wildman–Crippen LogP) is 3.24. The SMILES string of the molecule is C=CCC(O)(CC=C)[C@H]1COC(C)(C)N1C(=O)OC(C)(C)C. The number of rotatable bonds is 5. The number of carbonyl (C=O) groups is 1. The summed E-state index contributed by atoms with van der Waals surface area (Å²) in [5, 5.41) is 11.0. The highest BCUT2D eigenvalue weighted by atomic mass is 16.6. The quantitative estimate of drug-likeness (QED) is 0.792. The van der Waals surface area contributed by atoms with E-state index in [4.69, 9.17) is 9.47 Å². The molecular weight excluding hydrogens is 282 g/mol. The van der Waals surface area contributed by atoms with Gasteiger partial charge < -0.3 is 14.6 Å². The van der Waals surface area contributed by atoms with Crippen molar-refractivity contribution in [3.8, 4) is 0 Å². The molecule has 5 heteroatoms. The van der Waals surface area contributed by atoms with Gasteiger partial charge in [-0.15, -0.1) is 13.2 Å². The third-order valence-corrected chi connectivity index (χ3v) is 3.69. The first-order valence-electron chi connectivity index (χ1n) is 7.57. The summed E-state index contributed by atoms with van der Waals surface area (Å²) in [6.07, 6.45) is 3.46. The van der Waals surface area contributed by atoms with Gasteiger partial charge in [-0.1, -0.05) is 12.2 Å². The van der Waals surface area contributed by atoms with E-state index in [9.17, 15) is 9.90 Å². The fourth-order valence-corrected chi connectivity index (χ4v) is 2.71. The summed E-state index contributed by atoms with van der Waals surface area (Å²) in [5.74, 6) is 0. The van der Waals surface area contributed by atoms with Crippen LogP contribution < -0.4 is 0 Å². The molecule has 0 saturated carbocycles. The van der Waals surface area contributed by atoms with E-state index >= 15 is 0 Å². The average Bonchev–Trinajstić information content (AvgIpc) is 2.64. The number of hydrogen-bond donors (Lipinski definition) is 1. The van der Waals surface area contributed by atoms with E-state index < -0.39 is 29.1 Å². The van der Waals surface area contributed by atoms with Crippen molar-refractivity contribution in [2.24, 2.45) is 0 Å². The minimum atomic E-state index is -1.17. The third kappa shape index (κ3) is 4.11. The van der Waals surface area contributed by atoms with Gasteiger partial charge in [0, 0.05) is 0 Å². The van der Waals surface area contributed by atoms with Crippen LogP contribution in [0.2, 0.25) is 0 Å². The largest absolute Gasteiger partial charge is 0.444 e. The molecule has 1 heterocycles. The van der Waals surface area contributed by atoms with Crippen LogP contribution in [0.4, 0.5) is 4.79 Å². The van der Waals surface area contributed by atoms with E-state index in [-0.39, 0.29) is 6.61 Å². The van der Waals surface area contributed by atoms with Gasteiger partial charge in [0.2, 0.25) is 0 Å². The molecule has 0 spiro atoms. The predicted molar refractivity (Wildman–Crippen MR) is 86.5 cm³/mol. The maximum Gasteiger partial charge on any atom is 0.413 e. The second kappa shape index (κ2) is 6.42. The lowest BCUT2D eigenvalue weighted by Gasteiger charge is -2.41.